The van der Waals surface area contributed by atoms with Gasteiger partial charge in [-0.1, -0.05) is 0 Å². The number of aromatic nitrogens is 3. The number of alkyl halides is 3. The summed E-state index contributed by atoms with van der Waals surface area (Å²) in [5.41, 5.74) is 1.02. The second kappa shape index (κ2) is 9.19. The molecular formula is C19H17BrF3N5O. The van der Waals surface area contributed by atoms with Gasteiger partial charge in [0.15, 0.2) is 0 Å². The van der Waals surface area contributed by atoms with Crippen LogP contribution in [0.3, 0.4) is 0 Å². The Labute approximate surface area is 173 Å². The van der Waals surface area contributed by atoms with Crippen molar-refractivity contribution < 1.29 is 18.3 Å². The Bertz CT molecular complexity index is 970. The minimum Gasteiger partial charge on any atom is -0.396 e. The number of halogens is 4. The zero-order valence-electron chi connectivity index (χ0n) is 15.0. The molecule has 0 radical (unpaired) electrons. The van der Waals surface area contributed by atoms with Crippen LogP contribution in [0.2, 0.25) is 0 Å². The molecule has 0 aliphatic carbocycles. The number of benzene rings is 1. The first kappa shape index (κ1) is 21.0. The van der Waals surface area contributed by atoms with Gasteiger partial charge < -0.3 is 15.7 Å². The number of rotatable bonds is 7. The normalized spacial score (nSPS) is 11.3. The molecule has 0 spiro atoms. The van der Waals surface area contributed by atoms with Crippen LogP contribution in [-0.2, 0) is 6.18 Å². The van der Waals surface area contributed by atoms with E-state index in [4.69, 9.17) is 5.11 Å². The zero-order chi connectivity index (χ0) is 20.9. The van der Waals surface area contributed by atoms with Crippen molar-refractivity contribution in [2.45, 2.75) is 12.6 Å². The molecular weight excluding hydrogens is 451 g/mol. The average Bonchev–Trinajstić information content (AvgIpc) is 2.69. The topological polar surface area (TPSA) is 83.0 Å². The lowest BCUT2D eigenvalue weighted by Gasteiger charge is -2.14. The Kier molecular flexibility index (Phi) is 6.65. The standard InChI is InChI=1S/C19H17BrF3N5O/c20-14-9-13(19(21,22)23)4-5-15(14)26-17-10-16(12-3-1-6-24-11-12)27-18(28-17)25-7-2-8-29/h1,3-6,9-11,29H,2,7-8H2,(H2,25,26,27,28). The maximum Gasteiger partial charge on any atom is 0.416 e. The lowest BCUT2D eigenvalue weighted by Crippen LogP contribution is -2.09. The van der Waals surface area contributed by atoms with Crippen LogP contribution < -0.4 is 10.6 Å². The molecule has 29 heavy (non-hydrogen) atoms. The summed E-state index contributed by atoms with van der Waals surface area (Å²) in [5.74, 6) is 0.719. The van der Waals surface area contributed by atoms with Crippen molar-refractivity contribution in [1.82, 2.24) is 15.0 Å². The predicted molar refractivity (Wildman–Crippen MR) is 108 cm³/mol. The number of nitrogens with zero attached hydrogens (tertiary/aromatic N) is 3. The van der Waals surface area contributed by atoms with Gasteiger partial charge in [-0.25, -0.2) is 4.98 Å². The van der Waals surface area contributed by atoms with E-state index in [1.54, 1.807) is 24.5 Å². The number of aliphatic hydroxyl groups is 1. The monoisotopic (exact) mass is 467 g/mol. The van der Waals surface area contributed by atoms with Crippen LogP contribution in [-0.4, -0.2) is 33.2 Å². The summed E-state index contributed by atoms with van der Waals surface area (Å²) in [5, 5.41) is 15.0. The first-order valence-corrected chi connectivity index (χ1v) is 9.44. The fourth-order valence-electron chi connectivity index (χ4n) is 2.46. The van der Waals surface area contributed by atoms with Crippen LogP contribution in [0.1, 0.15) is 12.0 Å². The number of aliphatic hydroxyl groups excluding tert-OH is 1. The number of hydrogen-bond donors (Lipinski definition) is 3. The van der Waals surface area contributed by atoms with Crippen molar-refractivity contribution in [3.63, 3.8) is 0 Å². The Hall–Kier alpha value is -2.72. The SMILES string of the molecule is OCCCNc1nc(Nc2ccc(C(F)(F)F)cc2Br)cc(-c2cccnc2)n1. The van der Waals surface area contributed by atoms with Crippen molar-refractivity contribution in [1.29, 1.82) is 0 Å². The smallest absolute Gasteiger partial charge is 0.396 e. The molecule has 6 nitrogen and oxygen atoms in total. The summed E-state index contributed by atoms with van der Waals surface area (Å²) in [6, 6.07) is 8.62. The summed E-state index contributed by atoms with van der Waals surface area (Å²) in [6.07, 6.45) is -0.609. The van der Waals surface area contributed by atoms with Gasteiger partial charge in [0.25, 0.3) is 0 Å². The minimum atomic E-state index is -4.42. The minimum absolute atomic E-state index is 0.0267. The fourth-order valence-corrected chi connectivity index (χ4v) is 2.94. The molecule has 0 saturated heterocycles. The average molecular weight is 468 g/mol. The first-order chi connectivity index (χ1) is 13.9. The van der Waals surface area contributed by atoms with E-state index >= 15 is 0 Å². The summed E-state index contributed by atoms with van der Waals surface area (Å²) in [7, 11) is 0. The van der Waals surface area contributed by atoms with Crippen LogP contribution in [0.15, 0.2) is 53.3 Å². The van der Waals surface area contributed by atoms with Crippen molar-refractivity contribution >= 4 is 33.4 Å². The van der Waals surface area contributed by atoms with Gasteiger partial charge in [-0.3, -0.25) is 4.98 Å². The van der Waals surface area contributed by atoms with Crippen molar-refractivity contribution in [3.05, 3.63) is 58.8 Å². The zero-order valence-corrected chi connectivity index (χ0v) is 16.6. The molecule has 2 heterocycles. The Balaban J connectivity index is 1.92. The highest BCUT2D eigenvalue weighted by Crippen LogP contribution is 2.35. The number of nitrogens with one attached hydrogen (secondary N) is 2. The van der Waals surface area contributed by atoms with Gasteiger partial charge in [-0.15, -0.1) is 0 Å². The van der Waals surface area contributed by atoms with E-state index < -0.39 is 11.7 Å². The molecule has 1 aromatic carbocycles. The summed E-state index contributed by atoms with van der Waals surface area (Å²) in [6.45, 7) is 0.495. The molecule has 0 atom stereocenters. The van der Waals surface area contributed by atoms with Crippen molar-refractivity contribution in [3.8, 4) is 11.3 Å². The lowest BCUT2D eigenvalue weighted by molar-refractivity contribution is -0.137. The molecule has 2 aromatic heterocycles. The number of anilines is 3. The molecule has 0 bridgehead atoms. The highest BCUT2D eigenvalue weighted by molar-refractivity contribution is 9.10. The number of hydrogen-bond acceptors (Lipinski definition) is 6. The van der Waals surface area contributed by atoms with Crippen molar-refractivity contribution in [2.24, 2.45) is 0 Å². The molecule has 0 amide bonds. The highest BCUT2D eigenvalue weighted by atomic mass is 79.9. The molecule has 0 aliphatic rings. The van der Waals surface area contributed by atoms with Gasteiger partial charge >= 0.3 is 6.18 Å². The maximum atomic E-state index is 12.9. The highest BCUT2D eigenvalue weighted by Gasteiger charge is 2.30. The Morgan fingerprint density at radius 3 is 2.59 bits per heavy atom. The molecule has 10 heteroatoms. The Morgan fingerprint density at radius 1 is 1.10 bits per heavy atom. The van der Waals surface area contributed by atoms with E-state index in [1.165, 1.54) is 6.07 Å². The quantitative estimate of drug-likeness (QED) is 0.430. The molecule has 0 fully saturated rings. The summed E-state index contributed by atoms with van der Waals surface area (Å²) < 4.78 is 38.9. The second-order valence-electron chi connectivity index (χ2n) is 6.03. The van der Waals surface area contributed by atoms with E-state index in [1.807, 2.05) is 6.07 Å². The van der Waals surface area contributed by atoms with Gasteiger partial charge in [0.05, 0.1) is 16.9 Å². The third kappa shape index (κ3) is 5.64. The van der Waals surface area contributed by atoms with Crippen LogP contribution in [0.5, 0.6) is 0 Å². The second-order valence-corrected chi connectivity index (χ2v) is 6.88. The van der Waals surface area contributed by atoms with E-state index in [0.29, 0.717) is 36.1 Å². The Morgan fingerprint density at radius 2 is 1.93 bits per heavy atom. The largest absolute Gasteiger partial charge is 0.416 e. The fraction of sp³-hybridized carbons (Fsp3) is 0.211. The summed E-state index contributed by atoms with van der Waals surface area (Å²) >= 11 is 3.17. The van der Waals surface area contributed by atoms with Gasteiger partial charge in [-0.2, -0.15) is 18.2 Å². The molecule has 3 rings (SSSR count). The first-order valence-electron chi connectivity index (χ1n) is 8.65. The van der Waals surface area contributed by atoms with Gasteiger partial charge in [-0.05, 0) is 52.7 Å². The molecule has 152 valence electrons. The van der Waals surface area contributed by atoms with Crippen LogP contribution >= 0.6 is 15.9 Å². The third-order valence-electron chi connectivity index (χ3n) is 3.86. The van der Waals surface area contributed by atoms with Crippen LogP contribution in [0.25, 0.3) is 11.3 Å². The lowest BCUT2D eigenvalue weighted by atomic mass is 10.2. The molecule has 3 N–H and O–H groups in total. The van der Waals surface area contributed by atoms with E-state index in [9.17, 15) is 13.2 Å². The molecule has 3 aromatic rings. The van der Waals surface area contributed by atoms with Crippen LogP contribution in [0, 0.1) is 0 Å². The van der Waals surface area contributed by atoms with Crippen LogP contribution in [0.4, 0.5) is 30.6 Å². The van der Waals surface area contributed by atoms with E-state index in [0.717, 1.165) is 17.7 Å². The molecule has 0 unspecified atom stereocenters. The number of pyridine rings is 1. The van der Waals surface area contributed by atoms with Crippen molar-refractivity contribution in [2.75, 3.05) is 23.8 Å². The van der Waals surface area contributed by atoms with Gasteiger partial charge in [0, 0.05) is 41.6 Å². The predicted octanol–water partition coefficient (Wildman–Crippen LogP) is 4.86. The third-order valence-corrected chi connectivity index (χ3v) is 4.52. The van der Waals surface area contributed by atoms with E-state index in [-0.39, 0.29) is 11.1 Å². The summed E-state index contributed by atoms with van der Waals surface area (Å²) in [4.78, 5) is 12.9. The molecule has 0 aliphatic heterocycles. The van der Waals surface area contributed by atoms with Gasteiger partial charge in [0.2, 0.25) is 5.95 Å². The van der Waals surface area contributed by atoms with Gasteiger partial charge in [0.1, 0.15) is 5.82 Å². The maximum absolute atomic E-state index is 12.9. The van der Waals surface area contributed by atoms with E-state index in [2.05, 4.69) is 41.5 Å². The molecule has 0 saturated carbocycles.